The van der Waals surface area contributed by atoms with Crippen molar-refractivity contribution in [2.75, 3.05) is 31.9 Å². The van der Waals surface area contributed by atoms with Crippen molar-refractivity contribution < 1.29 is 4.79 Å². The fraction of sp³-hybridized carbons (Fsp3) is 0.276. The van der Waals surface area contributed by atoms with E-state index in [1.54, 1.807) is 10.6 Å². The maximum atomic E-state index is 13.6. The van der Waals surface area contributed by atoms with Crippen LogP contribution in [0.1, 0.15) is 16.7 Å². The van der Waals surface area contributed by atoms with E-state index in [1.807, 2.05) is 61.2 Å². The third kappa shape index (κ3) is 5.08. The van der Waals surface area contributed by atoms with Gasteiger partial charge in [0.05, 0.1) is 22.3 Å². The normalized spacial score (nSPS) is 14.3. The van der Waals surface area contributed by atoms with Crippen LogP contribution in [0.3, 0.4) is 0 Å². The van der Waals surface area contributed by atoms with Gasteiger partial charge in [0.1, 0.15) is 0 Å². The second-order valence-corrected chi connectivity index (χ2v) is 10.1. The number of aromatic nitrogens is 2. The molecule has 1 fully saturated rings. The number of amides is 1. The van der Waals surface area contributed by atoms with Gasteiger partial charge in [-0.1, -0.05) is 66.4 Å². The van der Waals surface area contributed by atoms with Gasteiger partial charge in [0.25, 0.3) is 5.56 Å². The second-order valence-electron chi connectivity index (χ2n) is 9.20. The second kappa shape index (κ2) is 10.7. The predicted molar refractivity (Wildman–Crippen MR) is 146 cm³/mol. The highest BCUT2D eigenvalue weighted by atomic mass is 32.2. The van der Waals surface area contributed by atoms with Gasteiger partial charge < -0.3 is 4.90 Å². The van der Waals surface area contributed by atoms with Gasteiger partial charge in [0, 0.05) is 32.7 Å². The highest BCUT2D eigenvalue weighted by Gasteiger charge is 2.23. The van der Waals surface area contributed by atoms with Crippen LogP contribution in [0.5, 0.6) is 0 Å². The van der Waals surface area contributed by atoms with Gasteiger partial charge in [0.2, 0.25) is 5.91 Å². The number of fused-ring (bicyclic) bond motifs is 1. The molecule has 0 N–H and O–H groups in total. The quantitative estimate of drug-likeness (QED) is 0.291. The Balaban J connectivity index is 1.33. The summed E-state index contributed by atoms with van der Waals surface area (Å²) in [7, 11) is 0. The number of benzene rings is 3. The Morgan fingerprint density at radius 3 is 2.39 bits per heavy atom. The predicted octanol–water partition coefficient (Wildman–Crippen LogP) is 4.44. The molecule has 0 radical (unpaired) electrons. The topological polar surface area (TPSA) is 58.4 Å². The lowest BCUT2D eigenvalue weighted by molar-refractivity contribution is -0.130. The molecule has 2 heterocycles. The van der Waals surface area contributed by atoms with Gasteiger partial charge in [-0.3, -0.25) is 19.1 Å². The van der Waals surface area contributed by atoms with Gasteiger partial charge >= 0.3 is 0 Å². The lowest BCUT2D eigenvalue weighted by atomic mass is 10.1. The minimum absolute atomic E-state index is 0.0780. The largest absolute Gasteiger partial charge is 0.339 e. The summed E-state index contributed by atoms with van der Waals surface area (Å²) >= 11 is 1.34. The van der Waals surface area contributed by atoms with E-state index in [4.69, 9.17) is 4.98 Å². The molecular weight excluding hydrogens is 468 g/mol. The minimum atomic E-state index is -0.112. The molecule has 0 aliphatic carbocycles. The van der Waals surface area contributed by atoms with Crippen LogP contribution in [0, 0.1) is 13.8 Å². The summed E-state index contributed by atoms with van der Waals surface area (Å²) in [6, 6.07) is 23.7. The molecule has 36 heavy (non-hydrogen) atoms. The minimum Gasteiger partial charge on any atom is -0.339 e. The van der Waals surface area contributed by atoms with E-state index in [2.05, 4.69) is 29.2 Å². The van der Waals surface area contributed by atoms with Crippen LogP contribution >= 0.6 is 11.8 Å². The number of piperazine rings is 1. The zero-order valence-electron chi connectivity index (χ0n) is 20.7. The van der Waals surface area contributed by atoms with Gasteiger partial charge in [-0.05, 0) is 48.7 Å². The molecule has 1 aromatic heterocycles. The molecule has 0 spiro atoms. The molecule has 1 amide bonds. The van der Waals surface area contributed by atoms with Crippen molar-refractivity contribution in [2.24, 2.45) is 0 Å². The molecular formula is C29H30N4O2S. The van der Waals surface area contributed by atoms with Gasteiger partial charge in [-0.25, -0.2) is 4.98 Å². The Labute approximate surface area is 215 Å². The first kappa shape index (κ1) is 24.3. The van der Waals surface area contributed by atoms with Crippen LogP contribution in [0.25, 0.3) is 16.6 Å². The smallest absolute Gasteiger partial charge is 0.266 e. The number of thioether (sulfide) groups is 1. The molecule has 0 saturated carbocycles. The first-order valence-corrected chi connectivity index (χ1v) is 13.2. The van der Waals surface area contributed by atoms with Gasteiger partial charge in [-0.2, -0.15) is 0 Å². The lowest BCUT2D eigenvalue weighted by Gasteiger charge is -2.34. The van der Waals surface area contributed by atoms with Crippen LogP contribution < -0.4 is 5.56 Å². The summed E-state index contributed by atoms with van der Waals surface area (Å²) in [6.45, 7) is 8.08. The van der Waals surface area contributed by atoms with Crippen LogP contribution in [0.15, 0.2) is 82.7 Å². The summed E-state index contributed by atoms with van der Waals surface area (Å²) in [5.74, 6) is 0.322. The molecule has 1 saturated heterocycles. The molecule has 0 atom stereocenters. The number of nitrogens with zero attached hydrogens (tertiary/aromatic N) is 4. The molecule has 0 bridgehead atoms. The van der Waals surface area contributed by atoms with E-state index >= 15 is 0 Å². The molecule has 4 aromatic rings. The monoisotopic (exact) mass is 498 g/mol. The summed E-state index contributed by atoms with van der Waals surface area (Å²) in [5.41, 5.74) is 4.77. The van der Waals surface area contributed by atoms with E-state index in [0.717, 1.165) is 36.4 Å². The third-order valence-electron chi connectivity index (χ3n) is 6.86. The standard InChI is InChI=1S/C29H30N4O2S/c1-21-9-8-14-26(22(21)2)33-28(35)24-12-6-7-13-25(24)30-29(33)36-20-27(34)32-17-15-31(16-18-32)19-23-10-4-3-5-11-23/h3-14H,15-20H2,1-2H3. The van der Waals surface area contributed by atoms with Crippen molar-refractivity contribution in [1.29, 1.82) is 0 Å². The highest BCUT2D eigenvalue weighted by Crippen LogP contribution is 2.25. The summed E-state index contributed by atoms with van der Waals surface area (Å²) in [6.07, 6.45) is 0. The van der Waals surface area contributed by atoms with Crippen LogP contribution in [-0.4, -0.2) is 57.2 Å². The number of hydrogen-bond donors (Lipinski definition) is 0. The SMILES string of the molecule is Cc1cccc(-n2c(SCC(=O)N3CCN(Cc4ccccc4)CC3)nc3ccccc3c2=O)c1C. The Hall–Kier alpha value is -3.42. The number of rotatable bonds is 6. The van der Waals surface area contributed by atoms with Crippen molar-refractivity contribution in [2.45, 2.75) is 25.5 Å². The fourth-order valence-corrected chi connectivity index (χ4v) is 5.52. The average Bonchev–Trinajstić information content (AvgIpc) is 2.90. The number of para-hydroxylation sites is 1. The van der Waals surface area contributed by atoms with E-state index < -0.39 is 0 Å². The van der Waals surface area contributed by atoms with Gasteiger partial charge in [-0.15, -0.1) is 0 Å². The Morgan fingerprint density at radius 2 is 1.61 bits per heavy atom. The summed E-state index contributed by atoms with van der Waals surface area (Å²) < 4.78 is 1.67. The van der Waals surface area contributed by atoms with Crippen molar-refractivity contribution in [3.05, 3.63) is 99.8 Å². The molecule has 0 unspecified atom stereocenters. The molecule has 184 valence electrons. The number of aryl methyl sites for hydroxylation is 1. The number of hydrogen-bond acceptors (Lipinski definition) is 5. The van der Waals surface area contributed by atoms with Crippen molar-refractivity contribution >= 4 is 28.6 Å². The molecule has 1 aliphatic heterocycles. The Morgan fingerprint density at radius 1 is 0.889 bits per heavy atom. The van der Waals surface area contributed by atoms with E-state index in [9.17, 15) is 9.59 Å². The Kier molecular flexibility index (Phi) is 7.20. The first-order valence-electron chi connectivity index (χ1n) is 12.3. The molecule has 6 nitrogen and oxygen atoms in total. The third-order valence-corrected chi connectivity index (χ3v) is 7.78. The maximum Gasteiger partial charge on any atom is 0.266 e. The highest BCUT2D eigenvalue weighted by molar-refractivity contribution is 7.99. The number of carbonyl (C=O) groups is 1. The fourth-order valence-electron chi connectivity index (χ4n) is 4.61. The van der Waals surface area contributed by atoms with Crippen molar-refractivity contribution in [3.63, 3.8) is 0 Å². The van der Waals surface area contributed by atoms with Crippen LogP contribution in [-0.2, 0) is 11.3 Å². The van der Waals surface area contributed by atoms with E-state index in [0.29, 0.717) is 29.1 Å². The summed E-state index contributed by atoms with van der Waals surface area (Å²) in [4.78, 5) is 35.8. The van der Waals surface area contributed by atoms with Crippen molar-refractivity contribution in [1.82, 2.24) is 19.4 Å². The Bertz CT molecular complexity index is 1440. The van der Waals surface area contributed by atoms with Crippen LogP contribution in [0.4, 0.5) is 0 Å². The molecule has 5 rings (SSSR count). The lowest BCUT2D eigenvalue weighted by Crippen LogP contribution is -2.48. The van der Waals surface area contributed by atoms with Gasteiger partial charge in [0.15, 0.2) is 5.16 Å². The van der Waals surface area contributed by atoms with Crippen LogP contribution in [0.2, 0.25) is 0 Å². The number of carbonyl (C=O) groups excluding carboxylic acids is 1. The molecule has 7 heteroatoms. The maximum absolute atomic E-state index is 13.6. The zero-order valence-corrected chi connectivity index (χ0v) is 21.5. The van der Waals surface area contributed by atoms with Crippen molar-refractivity contribution in [3.8, 4) is 5.69 Å². The molecule has 3 aromatic carbocycles. The van der Waals surface area contributed by atoms with E-state index in [1.165, 1.54) is 17.3 Å². The summed E-state index contributed by atoms with van der Waals surface area (Å²) in [5, 5.41) is 1.12. The average molecular weight is 499 g/mol. The van der Waals surface area contributed by atoms with E-state index in [-0.39, 0.29) is 17.2 Å². The zero-order chi connectivity index (χ0) is 25.1. The molecule has 1 aliphatic rings. The first-order chi connectivity index (χ1) is 17.5.